The summed E-state index contributed by atoms with van der Waals surface area (Å²) in [7, 11) is 0. The first-order valence-corrected chi connectivity index (χ1v) is 9.09. The second-order valence-corrected chi connectivity index (χ2v) is 7.55. The van der Waals surface area contributed by atoms with Crippen molar-refractivity contribution in [3.63, 3.8) is 0 Å². The average molecular weight is 328 g/mol. The molecule has 0 bridgehead atoms. The first kappa shape index (κ1) is 14.7. The molecule has 1 amide bonds. The van der Waals surface area contributed by atoms with E-state index in [4.69, 9.17) is 0 Å². The normalized spacial score (nSPS) is 22.8. The molecule has 4 rings (SSSR count). The van der Waals surface area contributed by atoms with Crippen LogP contribution in [0.15, 0.2) is 24.3 Å². The van der Waals surface area contributed by atoms with Crippen molar-refractivity contribution in [1.29, 1.82) is 0 Å². The van der Waals surface area contributed by atoms with Crippen LogP contribution in [0, 0.1) is 6.92 Å². The lowest BCUT2D eigenvalue weighted by Gasteiger charge is -2.27. The number of benzene rings is 1. The maximum absolute atomic E-state index is 12.7. The molecule has 120 valence electrons. The van der Waals surface area contributed by atoms with E-state index >= 15 is 0 Å². The topological polar surface area (TPSA) is 45.6 Å². The van der Waals surface area contributed by atoms with Gasteiger partial charge in [0.1, 0.15) is 17.7 Å². The molecule has 23 heavy (non-hydrogen) atoms. The van der Waals surface area contributed by atoms with Crippen LogP contribution >= 0.6 is 11.3 Å². The smallest absolute Gasteiger partial charge is 0.256 e. The number of fused-ring (bicyclic) bond motifs is 3. The SMILES string of the molecule is CC[NH+]1CCc2c(sc3c2C(=O)N[C@H](c2ccc(C)cc2)N3)C1. The Bertz CT molecular complexity index is 750. The first-order chi connectivity index (χ1) is 11.2. The van der Waals surface area contributed by atoms with E-state index in [1.165, 1.54) is 16.0 Å². The monoisotopic (exact) mass is 328 g/mol. The minimum absolute atomic E-state index is 0.0711. The lowest BCUT2D eigenvalue weighted by Crippen LogP contribution is -3.11. The fourth-order valence-electron chi connectivity index (χ4n) is 3.48. The molecule has 5 heteroatoms. The van der Waals surface area contributed by atoms with Crippen LogP contribution in [0.5, 0.6) is 0 Å². The molecule has 3 heterocycles. The summed E-state index contributed by atoms with van der Waals surface area (Å²) in [5.41, 5.74) is 4.49. The van der Waals surface area contributed by atoms with Crippen molar-refractivity contribution >= 4 is 22.2 Å². The Morgan fingerprint density at radius 2 is 2.04 bits per heavy atom. The first-order valence-electron chi connectivity index (χ1n) is 8.27. The highest BCUT2D eigenvalue weighted by atomic mass is 32.1. The van der Waals surface area contributed by atoms with Crippen LogP contribution in [0.2, 0.25) is 0 Å². The number of anilines is 1. The highest BCUT2D eigenvalue weighted by Gasteiger charge is 2.34. The maximum atomic E-state index is 12.7. The second-order valence-electron chi connectivity index (χ2n) is 6.45. The Morgan fingerprint density at radius 1 is 1.26 bits per heavy atom. The van der Waals surface area contributed by atoms with Gasteiger partial charge in [0.25, 0.3) is 5.91 Å². The van der Waals surface area contributed by atoms with Crippen molar-refractivity contribution in [2.75, 3.05) is 18.4 Å². The number of aryl methyl sites for hydroxylation is 1. The summed E-state index contributed by atoms with van der Waals surface area (Å²) >= 11 is 1.77. The molecule has 0 saturated carbocycles. The van der Waals surface area contributed by atoms with E-state index < -0.39 is 0 Å². The summed E-state index contributed by atoms with van der Waals surface area (Å²) in [6.07, 6.45) is 0.875. The third kappa shape index (κ3) is 2.54. The van der Waals surface area contributed by atoms with Crippen LogP contribution in [0.3, 0.4) is 0 Å². The van der Waals surface area contributed by atoms with Crippen molar-refractivity contribution in [2.45, 2.75) is 33.0 Å². The summed E-state index contributed by atoms with van der Waals surface area (Å²) in [6, 6.07) is 8.32. The Kier molecular flexibility index (Phi) is 3.62. The molecule has 1 unspecified atom stereocenters. The molecule has 2 aromatic rings. The molecule has 0 spiro atoms. The Balaban J connectivity index is 1.66. The van der Waals surface area contributed by atoms with Gasteiger partial charge in [0.2, 0.25) is 0 Å². The highest BCUT2D eigenvalue weighted by Crippen LogP contribution is 2.38. The van der Waals surface area contributed by atoms with Gasteiger partial charge >= 0.3 is 0 Å². The van der Waals surface area contributed by atoms with Gasteiger partial charge in [-0.05, 0) is 25.0 Å². The number of hydrogen-bond acceptors (Lipinski definition) is 3. The zero-order valence-electron chi connectivity index (χ0n) is 13.5. The Hall–Kier alpha value is -1.85. The van der Waals surface area contributed by atoms with Crippen LogP contribution in [0.25, 0.3) is 0 Å². The van der Waals surface area contributed by atoms with E-state index in [-0.39, 0.29) is 12.1 Å². The molecule has 0 saturated heterocycles. The minimum Gasteiger partial charge on any atom is -0.353 e. The summed E-state index contributed by atoms with van der Waals surface area (Å²) < 4.78 is 0. The number of quaternary nitrogens is 1. The number of thiophene rings is 1. The van der Waals surface area contributed by atoms with Crippen molar-refractivity contribution in [2.24, 2.45) is 0 Å². The standard InChI is InChI=1S/C18H21N3OS/c1-3-21-9-8-13-14(10-21)23-18-15(13)17(22)19-16(20-18)12-6-4-11(2)5-7-12/h4-7,16,20H,3,8-10H2,1-2H3,(H,19,22)/p+1/t16-/m0/s1. The number of nitrogens with one attached hydrogen (secondary N) is 3. The summed E-state index contributed by atoms with van der Waals surface area (Å²) in [5, 5.41) is 7.69. The molecule has 0 radical (unpaired) electrons. The van der Waals surface area contributed by atoms with Gasteiger partial charge in [-0.3, -0.25) is 4.79 Å². The van der Waals surface area contributed by atoms with E-state index in [1.54, 1.807) is 16.2 Å². The van der Waals surface area contributed by atoms with E-state index in [0.717, 1.165) is 42.2 Å². The third-order valence-corrected chi connectivity index (χ3v) is 6.08. The van der Waals surface area contributed by atoms with Gasteiger partial charge in [0.15, 0.2) is 0 Å². The van der Waals surface area contributed by atoms with Gasteiger partial charge in [-0.2, -0.15) is 0 Å². The number of rotatable bonds is 2. The third-order valence-electron chi connectivity index (χ3n) is 4.92. The molecule has 4 nitrogen and oxygen atoms in total. The van der Waals surface area contributed by atoms with Gasteiger partial charge in [0, 0.05) is 6.42 Å². The largest absolute Gasteiger partial charge is 0.353 e. The molecular weight excluding hydrogens is 306 g/mol. The predicted molar refractivity (Wildman–Crippen MR) is 93.1 cm³/mol. The number of amides is 1. The summed E-state index contributed by atoms with van der Waals surface area (Å²) in [5.74, 6) is 0.0711. The lowest BCUT2D eigenvalue weighted by molar-refractivity contribution is -0.913. The fraction of sp³-hybridized carbons (Fsp3) is 0.389. The molecule has 1 aromatic heterocycles. The van der Waals surface area contributed by atoms with Gasteiger partial charge < -0.3 is 15.5 Å². The number of likely N-dealkylation sites (N-methyl/N-ethyl adjacent to an activating group) is 1. The van der Waals surface area contributed by atoms with Crippen molar-refractivity contribution in [1.82, 2.24) is 5.32 Å². The molecule has 0 aliphatic carbocycles. The lowest BCUT2D eigenvalue weighted by atomic mass is 10.00. The van der Waals surface area contributed by atoms with Gasteiger partial charge in [-0.15, -0.1) is 11.3 Å². The number of carbonyl (C=O) groups excluding carboxylic acids is 1. The maximum Gasteiger partial charge on any atom is 0.256 e. The van der Waals surface area contributed by atoms with E-state index in [1.807, 2.05) is 0 Å². The summed E-state index contributed by atoms with van der Waals surface area (Å²) in [4.78, 5) is 15.7. The van der Waals surface area contributed by atoms with Crippen molar-refractivity contribution in [3.8, 4) is 0 Å². The minimum atomic E-state index is -0.134. The highest BCUT2D eigenvalue weighted by molar-refractivity contribution is 7.16. The fourth-order valence-corrected chi connectivity index (χ4v) is 4.82. The Labute approximate surface area is 140 Å². The van der Waals surface area contributed by atoms with Crippen molar-refractivity contribution in [3.05, 3.63) is 51.4 Å². The van der Waals surface area contributed by atoms with Crippen LogP contribution < -0.4 is 15.5 Å². The molecule has 2 atom stereocenters. The van der Waals surface area contributed by atoms with E-state index in [2.05, 4.69) is 48.7 Å². The number of carbonyl (C=O) groups is 1. The molecule has 1 aromatic carbocycles. The average Bonchev–Trinajstić information content (AvgIpc) is 2.93. The molecule has 3 N–H and O–H groups in total. The second kappa shape index (κ2) is 5.65. The van der Waals surface area contributed by atoms with E-state index in [9.17, 15) is 4.79 Å². The zero-order valence-corrected chi connectivity index (χ0v) is 14.3. The van der Waals surface area contributed by atoms with E-state index in [0.29, 0.717) is 0 Å². The van der Waals surface area contributed by atoms with Crippen LogP contribution in [0.1, 0.15) is 45.0 Å². The van der Waals surface area contributed by atoms with Crippen LogP contribution in [0.4, 0.5) is 5.00 Å². The van der Waals surface area contributed by atoms with Gasteiger partial charge in [-0.25, -0.2) is 0 Å². The molecule has 0 fully saturated rings. The predicted octanol–water partition coefficient (Wildman–Crippen LogP) is 1.87. The van der Waals surface area contributed by atoms with Crippen molar-refractivity contribution < 1.29 is 9.69 Å². The van der Waals surface area contributed by atoms with Gasteiger partial charge in [-0.1, -0.05) is 29.8 Å². The quantitative estimate of drug-likeness (QED) is 0.788. The number of hydrogen-bond donors (Lipinski definition) is 3. The van der Waals surface area contributed by atoms with Crippen LogP contribution in [-0.2, 0) is 13.0 Å². The molecular formula is C18H22N3OS+. The molecule has 2 aliphatic heterocycles. The molecule has 2 aliphatic rings. The summed E-state index contributed by atoms with van der Waals surface area (Å²) in [6.45, 7) is 7.62. The van der Waals surface area contributed by atoms with Gasteiger partial charge in [0.05, 0.1) is 23.5 Å². The Morgan fingerprint density at radius 3 is 2.78 bits per heavy atom. The van der Waals surface area contributed by atoms with Crippen LogP contribution in [-0.4, -0.2) is 19.0 Å². The zero-order chi connectivity index (χ0) is 16.0.